The van der Waals surface area contributed by atoms with Crippen LogP contribution < -0.4 is 10.6 Å². The molecule has 3 rings (SSSR count). The first-order valence-corrected chi connectivity index (χ1v) is 8.69. The topological polar surface area (TPSA) is 142 Å². The zero-order valence-corrected chi connectivity index (χ0v) is 16.6. The van der Waals surface area contributed by atoms with Crippen molar-refractivity contribution in [3.05, 3.63) is 47.0 Å². The van der Waals surface area contributed by atoms with Gasteiger partial charge in [0.15, 0.2) is 17.5 Å². The SMILES string of the molecule is Cc1cc(Nc2nc(N[C@@H](C)c3ncc(F)cn3)ncc2Cl)n[nH]1.O=C(O)C(F)(F)F. The number of aromatic amines is 1. The third kappa shape index (κ3) is 7.33. The van der Waals surface area contributed by atoms with Gasteiger partial charge in [-0.25, -0.2) is 24.1 Å². The van der Waals surface area contributed by atoms with Crippen molar-refractivity contribution in [2.24, 2.45) is 0 Å². The molecule has 0 radical (unpaired) electrons. The van der Waals surface area contributed by atoms with Crippen molar-refractivity contribution < 1.29 is 27.5 Å². The van der Waals surface area contributed by atoms with E-state index < -0.39 is 18.0 Å². The van der Waals surface area contributed by atoms with Gasteiger partial charge in [-0.1, -0.05) is 11.6 Å². The van der Waals surface area contributed by atoms with Crippen LogP contribution in [0.15, 0.2) is 24.7 Å². The number of aliphatic carboxylic acids is 1. The predicted octanol–water partition coefficient (Wildman–Crippen LogP) is 3.64. The molecule has 0 aliphatic heterocycles. The molecule has 166 valence electrons. The van der Waals surface area contributed by atoms with Crippen LogP contribution >= 0.6 is 11.6 Å². The van der Waals surface area contributed by atoms with Crippen LogP contribution in [0.3, 0.4) is 0 Å². The molecule has 0 aliphatic rings. The lowest BCUT2D eigenvalue weighted by Crippen LogP contribution is -2.21. The number of aryl methyl sites for hydroxylation is 1. The van der Waals surface area contributed by atoms with Gasteiger partial charge in [-0.3, -0.25) is 5.10 Å². The molecule has 0 aliphatic carbocycles. The summed E-state index contributed by atoms with van der Waals surface area (Å²) < 4.78 is 44.6. The third-order valence-corrected chi connectivity index (χ3v) is 3.59. The highest BCUT2D eigenvalue weighted by atomic mass is 35.5. The number of carboxylic acid groups (broad SMARTS) is 1. The predicted molar refractivity (Wildman–Crippen MR) is 101 cm³/mol. The molecule has 31 heavy (non-hydrogen) atoms. The van der Waals surface area contributed by atoms with Crippen molar-refractivity contribution in [2.75, 3.05) is 10.6 Å². The van der Waals surface area contributed by atoms with E-state index in [0.29, 0.717) is 28.4 Å². The Hall–Kier alpha value is -3.55. The Morgan fingerprint density at radius 3 is 2.35 bits per heavy atom. The normalized spacial score (nSPS) is 11.8. The van der Waals surface area contributed by atoms with Gasteiger partial charge in [0.1, 0.15) is 10.8 Å². The maximum absolute atomic E-state index is 12.9. The number of anilines is 3. The fourth-order valence-electron chi connectivity index (χ4n) is 1.93. The second-order valence-electron chi connectivity index (χ2n) is 5.88. The van der Waals surface area contributed by atoms with Gasteiger partial charge in [-0.05, 0) is 13.8 Å². The zero-order chi connectivity index (χ0) is 23.2. The van der Waals surface area contributed by atoms with Crippen LogP contribution in [0.4, 0.5) is 35.1 Å². The molecule has 0 spiro atoms. The lowest BCUT2D eigenvalue weighted by Gasteiger charge is -2.13. The largest absolute Gasteiger partial charge is 0.490 e. The fraction of sp³-hybridized carbons (Fsp3) is 0.250. The molecule has 15 heteroatoms. The number of aromatic nitrogens is 6. The molecule has 0 amide bonds. The van der Waals surface area contributed by atoms with E-state index in [0.717, 1.165) is 18.1 Å². The molecule has 3 heterocycles. The van der Waals surface area contributed by atoms with Gasteiger partial charge in [0.05, 0.1) is 24.6 Å². The molecule has 0 fully saturated rings. The van der Waals surface area contributed by atoms with Crippen LogP contribution in [0.2, 0.25) is 5.02 Å². The maximum Gasteiger partial charge on any atom is 0.490 e. The summed E-state index contributed by atoms with van der Waals surface area (Å²) >= 11 is 6.10. The van der Waals surface area contributed by atoms with E-state index in [1.807, 2.05) is 19.9 Å². The Labute approximate surface area is 177 Å². The monoisotopic (exact) mass is 462 g/mol. The standard InChI is InChI=1S/C14H14ClFN8.C2HF3O2/c1-7-3-11(24-23-7)21-13-10(15)6-19-14(22-13)20-8(2)12-17-4-9(16)5-18-12;3-2(4,5)1(6)7/h3-6,8H,1-2H3,(H3,19,20,21,22,23,24);(H,6,7)/t8-;/m0./s1. The molecule has 0 unspecified atom stereocenters. The quantitative estimate of drug-likeness (QED) is 0.418. The van der Waals surface area contributed by atoms with Crippen molar-refractivity contribution in [3.8, 4) is 0 Å². The summed E-state index contributed by atoms with van der Waals surface area (Å²) in [5.74, 6) is -1.49. The van der Waals surface area contributed by atoms with E-state index in [2.05, 4.69) is 40.8 Å². The van der Waals surface area contributed by atoms with E-state index in [-0.39, 0.29) is 6.04 Å². The number of nitrogens with one attached hydrogen (secondary N) is 3. The van der Waals surface area contributed by atoms with Gasteiger partial charge in [0.2, 0.25) is 5.95 Å². The molecule has 3 aromatic rings. The molecule has 0 saturated heterocycles. The lowest BCUT2D eigenvalue weighted by atomic mass is 10.3. The van der Waals surface area contributed by atoms with E-state index in [1.165, 1.54) is 6.20 Å². The van der Waals surface area contributed by atoms with Gasteiger partial charge in [-0.2, -0.15) is 23.3 Å². The van der Waals surface area contributed by atoms with E-state index in [4.69, 9.17) is 21.5 Å². The van der Waals surface area contributed by atoms with Gasteiger partial charge in [0, 0.05) is 11.8 Å². The lowest BCUT2D eigenvalue weighted by molar-refractivity contribution is -0.192. The highest BCUT2D eigenvalue weighted by Crippen LogP contribution is 2.24. The highest BCUT2D eigenvalue weighted by molar-refractivity contribution is 6.32. The first-order valence-electron chi connectivity index (χ1n) is 8.31. The number of carbonyl (C=O) groups is 1. The van der Waals surface area contributed by atoms with Gasteiger partial charge < -0.3 is 15.7 Å². The van der Waals surface area contributed by atoms with Crippen LogP contribution in [0, 0.1) is 12.7 Å². The summed E-state index contributed by atoms with van der Waals surface area (Å²) in [5, 5.41) is 20.4. The Bertz CT molecular complexity index is 1030. The van der Waals surface area contributed by atoms with Crippen LogP contribution in [0.5, 0.6) is 0 Å². The highest BCUT2D eigenvalue weighted by Gasteiger charge is 2.38. The minimum absolute atomic E-state index is 0.313. The fourth-order valence-corrected chi connectivity index (χ4v) is 2.07. The molecule has 1 atom stereocenters. The third-order valence-electron chi connectivity index (χ3n) is 3.31. The Balaban J connectivity index is 0.000000423. The minimum atomic E-state index is -5.08. The maximum atomic E-state index is 12.9. The summed E-state index contributed by atoms with van der Waals surface area (Å²) in [5.41, 5.74) is 0.906. The number of rotatable bonds is 5. The van der Waals surface area contributed by atoms with Crippen LogP contribution in [-0.2, 0) is 4.79 Å². The van der Waals surface area contributed by atoms with E-state index in [1.54, 1.807) is 0 Å². The second-order valence-corrected chi connectivity index (χ2v) is 6.29. The van der Waals surface area contributed by atoms with Crippen molar-refractivity contribution in [2.45, 2.75) is 26.1 Å². The minimum Gasteiger partial charge on any atom is -0.475 e. The molecular formula is C16H15ClF4N8O2. The van der Waals surface area contributed by atoms with Crippen molar-refractivity contribution in [3.63, 3.8) is 0 Å². The van der Waals surface area contributed by atoms with Crippen LogP contribution in [0.25, 0.3) is 0 Å². The molecule has 0 bridgehead atoms. The van der Waals surface area contributed by atoms with Crippen LogP contribution in [-0.4, -0.2) is 47.4 Å². The Morgan fingerprint density at radius 1 is 1.23 bits per heavy atom. The number of carboxylic acids is 1. The number of hydrogen-bond acceptors (Lipinski definition) is 8. The second kappa shape index (κ2) is 9.97. The molecule has 4 N–H and O–H groups in total. The molecule has 10 nitrogen and oxygen atoms in total. The summed E-state index contributed by atoms with van der Waals surface area (Å²) in [6, 6.07) is 1.51. The number of hydrogen-bond donors (Lipinski definition) is 4. The van der Waals surface area contributed by atoms with Crippen molar-refractivity contribution in [1.29, 1.82) is 0 Å². The Morgan fingerprint density at radius 2 is 1.84 bits per heavy atom. The molecular weight excluding hydrogens is 448 g/mol. The average molecular weight is 463 g/mol. The summed E-state index contributed by atoms with van der Waals surface area (Å²) in [6.45, 7) is 3.70. The molecule has 0 aromatic carbocycles. The smallest absolute Gasteiger partial charge is 0.475 e. The summed E-state index contributed by atoms with van der Waals surface area (Å²) in [7, 11) is 0. The van der Waals surface area contributed by atoms with Crippen molar-refractivity contribution >= 4 is 35.2 Å². The van der Waals surface area contributed by atoms with Crippen LogP contribution in [0.1, 0.15) is 24.5 Å². The van der Waals surface area contributed by atoms with E-state index in [9.17, 15) is 17.6 Å². The number of alkyl halides is 3. The zero-order valence-electron chi connectivity index (χ0n) is 15.9. The first kappa shape index (κ1) is 23.7. The van der Waals surface area contributed by atoms with Crippen molar-refractivity contribution in [1.82, 2.24) is 30.1 Å². The van der Waals surface area contributed by atoms with Gasteiger partial charge in [0.25, 0.3) is 0 Å². The Kier molecular flexibility index (Phi) is 7.63. The number of nitrogens with zero attached hydrogens (tertiary/aromatic N) is 5. The molecule has 0 saturated carbocycles. The first-order chi connectivity index (χ1) is 14.5. The van der Waals surface area contributed by atoms with Gasteiger partial charge in [-0.15, -0.1) is 0 Å². The summed E-state index contributed by atoms with van der Waals surface area (Å²) in [6.07, 6.45) is -1.40. The average Bonchev–Trinajstić information content (AvgIpc) is 3.09. The molecule has 3 aromatic heterocycles. The number of H-pyrrole nitrogens is 1. The van der Waals surface area contributed by atoms with Gasteiger partial charge >= 0.3 is 12.1 Å². The number of halogens is 5. The summed E-state index contributed by atoms with van der Waals surface area (Å²) in [4.78, 5) is 25.2. The van der Waals surface area contributed by atoms with E-state index >= 15 is 0 Å².